The van der Waals surface area contributed by atoms with Crippen LogP contribution >= 0.6 is 7.82 Å². The predicted octanol–water partition coefficient (Wildman–Crippen LogP) is 10.7. The van der Waals surface area contributed by atoms with Gasteiger partial charge >= 0.3 is 0 Å². The van der Waals surface area contributed by atoms with Crippen LogP contribution in [0.3, 0.4) is 0 Å². The van der Waals surface area contributed by atoms with Crippen LogP contribution in [0, 0.1) is 0 Å². The highest BCUT2D eigenvalue weighted by Crippen LogP contribution is 2.38. The highest BCUT2D eigenvalue weighted by molar-refractivity contribution is 7.45. The lowest BCUT2D eigenvalue weighted by molar-refractivity contribution is -0.870. The van der Waals surface area contributed by atoms with Crippen LogP contribution in [0.1, 0.15) is 187 Å². The summed E-state index contributed by atoms with van der Waals surface area (Å²) < 4.78 is 23.1. The van der Waals surface area contributed by atoms with Gasteiger partial charge in [0.15, 0.2) is 0 Å². The molecule has 3 unspecified atom stereocenters. The number of nitrogens with one attached hydrogen (secondary N) is 1. The molecule has 0 aliphatic rings. The number of unbranched alkanes of at least 4 members (excludes halogenated alkanes) is 23. The van der Waals surface area contributed by atoms with Crippen molar-refractivity contribution in [2.24, 2.45) is 0 Å². The quantitative estimate of drug-likeness (QED) is 0.0282. The van der Waals surface area contributed by atoms with Crippen LogP contribution in [0.2, 0.25) is 0 Å². The summed E-state index contributed by atoms with van der Waals surface area (Å²) >= 11 is 0. The molecular formula is C42H83N2O6P. The largest absolute Gasteiger partial charge is 0.756 e. The third-order valence-electron chi connectivity index (χ3n) is 9.41. The Hall–Kier alpha value is -1.02. The molecule has 0 rings (SSSR count). The Kier molecular flexibility index (Phi) is 34.0. The highest BCUT2D eigenvalue weighted by atomic mass is 31.2. The fraction of sp³-hybridized carbons (Fsp3) is 0.881. The minimum absolute atomic E-state index is 0.00480. The van der Waals surface area contributed by atoms with Gasteiger partial charge < -0.3 is 28.8 Å². The van der Waals surface area contributed by atoms with E-state index in [-0.39, 0.29) is 19.1 Å². The summed E-state index contributed by atoms with van der Waals surface area (Å²) in [6.45, 7) is 4.57. The fourth-order valence-electron chi connectivity index (χ4n) is 5.99. The first-order valence-electron chi connectivity index (χ1n) is 21.2. The van der Waals surface area contributed by atoms with E-state index < -0.39 is 20.0 Å². The fourth-order valence-corrected chi connectivity index (χ4v) is 6.71. The Morgan fingerprint density at radius 2 is 1.10 bits per heavy atom. The zero-order chi connectivity index (χ0) is 37.9. The molecule has 2 N–H and O–H groups in total. The first kappa shape index (κ1) is 50.0. The SMILES string of the molecule is CCCCC/C=C/CC/C=C/C(O)C(COP(=O)([O-])OCC[N+](C)(C)C)NC(=O)CCCCCCCCCCCCCCCCCCCCCC. The Morgan fingerprint density at radius 1 is 0.667 bits per heavy atom. The molecule has 8 nitrogen and oxygen atoms in total. The van der Waals surface area contributed by atoms with Crippen molar-refractivity contribution in [1.82, 2.24) is 5.32 Å². The molecule has 0 radical (unpaired) electrons. The van der Waals surface area contributed by atoms with Crippen molar-refractivity contribution in [3.05, 3.63) is 24.3 Å². The lowest BCUT2D eigenvalue weighted by Gasteiger charge is -2.29. The van der Waals surface area contributed by atoms with Crippen LogP contribution in [0.25, 0.3) is 0 Å². The number of hydrogen-bond acceptors (Lipinski definition) is 6. The number of phosphoric ester groups is 1. The van der Waals surface area contributed by atoms with E-state index in [9.17, 15) is 19.4 Å². The second-order valence-corrected chi connectivity index (χ2v) is 17.1. The Labute approximate surface area is 315 Å². The Morgan fingerprint density at radius 3 is 1.59 bits per heavy atom. The molecule has 51 heavy (non-hydrogen) atoms. The third-order valence-corrected chi connectivity index (χ3v) is 10.4. The summed E-state index contributed by atoms with van der Waals surface area (Å²) in [5, 5.41) is 13.7. The molecule has 0 saturated carbocycles. The molecule has 3 atom stereocenters. The number of aliphatic hydroxyl groups excluding tert-OH is 1. The van der Waals surface area contributed by atoms with Gasteiger partial charge in [-0.2, -0.15) is 0 Å². The number of nitrogens with zero attached hydrogens (tertiary/aromatic N) is 1. The number of rotatable bonds is 38. The number of aliphatic hydroxyl groups is 1. The zero-order valence-corrected chi connectivity index (χ0v) is 35.0. The first-order chi connectivity index (χ1) is 24.5. The van der Waals surface area contributed by atoms with Crippen molar-refractivity contribution in [3.63, 3.8) is 0 Å². The van der Waals surface area contributed by atoms with Crippen LogP contribution in [0.15, 0.2) is 24.3 Å². The first-order valence-corrected chi connectivity index (χ1v) is 22.7. The minimum atomic E-state index is -4.58. The summed E-state index contributed by atoms with van der Waals surface area (Å²) in [6, 6.07) is -0.896. The minimum Gasteiger partial charge on any atom is -0.756 e. The van der Waals surface area contributed by atoms with E-state index >= 15 is 0 Å². The van der Waals surface area contributed by atoms with Gasteiger partial charge in [0.2, 0.25) is 5.91 Å². The number of amides is 1. The van der Waals surface area contributed by atoms with Crippen molar-refractivity contribution >= 4 is 13.7 Å². The molecule has 302 valence electrons. The summed E-state index contributed by atoms with van der Waals surface area (Å²) in [4.78, 5) is 25.2. The average Bonchev–Trinajstić information content (AvgIpc) is 3.07. The smallest absolute Gasteiger partial charge is 0.268 e. The van der Waals surface area contributed by atoms with Gasteiger partial charge in [-0.25, -0.2) is 0 Å². The molecule has 1 amide bonds. The highest BCUT2D eigenvalue weighted by Gasteiger charge is 2.23. The van der Waals surface area contributed by atoms with Crippen molar-refractivity contribution in [2.45, 2.75) is 199 Å². The van der Waals surface area contributed by atoms with Crippen molar-refractivity contribution in [1.29, 1.82) is 0 Å². The summed E-state index contributed by atoms with van der Waals surface area (Å²) in [5.41, 5.74) is 0. The van der Waals surface area contributed by atoms with Crippen LogP contribution in [-0.4, -0.2) is 68.5 Å². The van der Waals surface area contributed by atoms with E-state index in [0.29, 0.717) is 17.4 Å². The van der Waals surface area contributed by atoms with Crippen LogP contribution in [0.5, 0.6) is 0 Å². The average molecular weight is 743 g/mol. The van der Waals surface area contributed by atoms with Gasteiger partial charge in [0.05, 0.1) is 39.9 Å². The number of carbonyl (C=O) groups excluding carboxylic acids is 1. The number of carbonyl (C=O) groups is 1. The number of hydrogen-bond donors (Lipinski definition) is 2. The topological polar surface area (TPSA) is 108 Å². The van der Waals surface area contributed by atoms with Gasteiger partial charge in [-0.15, -0.1) is 0 Å². The Bertz CT molecular complexity index is 891. The molecular weight excluding hydrogens is 659 g/mol. The molecule has 0 aromatic carbocycles. The van der Waals surface area contributed by atoms with E-state index in [1.54, 1.807) is 6.08 Å². The maximum absolute atomic E-state index is 12.8. The maximum Gasteiger partial charge on any atom is 0.268 e. The summed E-state index contributed by atoms with van der Waals surface area (Å²) in [5.74, 6) is -0.208. The van der Waals surface area contributed by atoms with Crippen molar-refractivity contribution in [3.8, 4) is 0 Å². The van der Waals surface area contributed by atoms with Gasteiger partial charge in [-0.1, -0.05) is 173 Å². The maximum atomic E-state index is 12.8. The zero-order valence-electron chi connectivity index (χ0n) is 34.1. The van der Waals surface area contributed by atoms with Crippen molar-refractivity contribution in [2.75, 3.05) is 40.9 Å². The van der Waals surface area contributed by atoms with Gasteiger partial charge in [0.25, 0.3) is 7.82 Å². The molecule has 0 fully saturated rings. The van der Waals surface area contributed by atoms with Gasteiger partial charge in [-0.3, -0.25) is 9.36 Å². The summed E-state index contributed by atoms with van der Waals surface area (Å²) in [6.07, 6.45) is 39.5. The van der Waals surface area contributed by atoms with Crippen LogP contribution in [0.4, 0.5) is 0 Å². The van der Waals surface area contributed by atoms with Gasteiger partial charge in [0, 0.05) is 6.42 Å². The molecule has 0 aromatic rings. The van der Waals surface area contributed by atoms with Crippen LogP contribution < -0.4 is 10.2 Å². The summed E-state index contributed by atoms with van der Waals surface area (Å²) in [7, 11) is 1.25. The lowest BCUT2D eigenvalue weighted by Crippen LogP contribution is -2.45. The van der Waals surface area contributed by atoms with E-state index in [0.717, 1.165) is 38.5 Å². The third kappa shape index (κ3) is 37.1. The van der Waals surface area contributed by atoms with E-state index in [4.69, 9.17) is 9.05 Å². The number of allylic oxidation sites excluding steroid dienone is 3. The van der Waals surface area contributed by atoms with Crippen LogP contribution in [-0.2, 0) is 18.4 Å². The second-order valence-electron chi connectivity index (χ2n) is 15.7. The molecule has 9 heteroatoms. The van der Waals surface area contributed by atoms with E-state index in [1.165, 1.54) is 128 Å². The van der Waals surface area contributed by atoms with Gasteiger partial charge in [-0.05, 0) is 32.1 Å². The van der Waals surface area contributed by atoms with E-state index in [2.05, 4.69) is 31.3 Å². The molecule has 0 heterocycles. The molecule has 0 saturated heterocycles. The molecule has 0 spiro atoms. The number of likely N-dealkylation sites (N-methyl/N-ethyl adjacent to an activating group) is 1. The standard InChI is InChI=1S/C42H83N2O6P/c1-6-8-10-12-14-16-17-18-19-20-21-22-23-24-25-26-28-30-32-34-36-42(46)43-40(39-50-51(47,48)49-38-37-44(3,4)5)41(45)35-33-31-29-27-15-13-11-9-7-2/h15,27,33,35,40-41,45H,6-14,16-26,28-32,34,36-39H2,1-5H3,(H-,43,46,47,48)/b27-15+,35-33+. The van der Waals surface area contributed by atoms with E-state index in [1.807, 2.05) is 27.2 Å². The predicted molar refractivity (Wildman–Crippen MR) is 215 cm³/mol. The molecule has 0 bridgehead atoms. The lowest BCUT2D eigenvalue weighted by atomic mass is 10.0. The second kappa shape index (κ2) is 34.7. The molecule has 0 aromatic heterocycles. The molecule has 0 aliphatic carbocycles. The molecule has 0 aliphatic heterocycles. The number of quaternary nitrogens is 1. The van der Waals surface area contributed by atoms with Crippen molar-refractivity contribution < 1.29 is 32.9 Å². The monoisotopic (exact) mass is 743 g/mol. The normalized spacial score (nSPS) is 14.7. The van der Waals surface area contributed by atoms with Gasteiger partial charge in [0.1, 0.15) is 13.2 Å². The number of phosphoric acid groups is 1. The Balaban J connectivity index is 4.28.